The minimum atomic E-state index is -0.602. The molecule has 0 bridgehead atoms. The molecule has 3 rings (SSSR count). The van der Waals surface area contributed by atoms with Crippen LogP contribution in [0, 0.1) is 0 Å². The normalized spacial score (nSPS) is 11.9. The van der Waals surface area contributed by atoms with Crippen molar-refractivity contribution in [3.05, 3.63) is 100.0 Å². The van der Waals surface area contributed by atoms with E-state index in [-0.39, 0.29) is 30.9 Å². The Morgan fingerprint density at radius 3 is 2.25 bits per heavy atom. The van der Waals surface area contributed by atoms with Gasteiger partial charge in [0.2, 0.25) is 5.43 Å². The van der Waals surface area contributed by atoms with Crippen LogP contribution < -0.4 is 10.2 Å². The van der Waals surface area contributed by atoms with Crippen molar-refractivity contribution < 1.29 is 14.9 Å². The van der Waals surface area contributed by atoms with Gasteiger partial charge in [0.25, 0.3) is 0 Å². The van der Waals surface area contributed by atoms with E-state index in [2.05, 4.69) is 0 Å². The molecule has 5 heteroatoms. The van der Waals surface area contributed by atoms with E-state index in [1.165, 1.54) is 6.07 Å². The number of hydrogen-bond acceptors (Lipinski definition) is 4. The average Bonchev–Trinajstić information content (AvgIpc) is 2.73. The van der Waals surface area contributed by atoms with Gasteiger partial charge < -0.3 is 19.5 Å². The molecule has 0 radical (unpaired) electrons. The highest BCUT2D eigenvalue weighted by molar-refractivity contribution is 5.23. The Morgan fingerprint density at radius 1 is 0.964 bits per heavy atom. The lowest BCUT2D eigenvalue weighted by Crippen LogP contribution is -2.22. The summed E-state index contributed by atoms with van der Waals surface area (Å²) in [5, 5.41) is 20.0. The van der Waals surface area contributed by atoms with Gasteiger partial charge in [-0.05, 0) is 24.0 Å². The maximum absolute atomic E-state index is 12.3. The Hall–Kier alpha value is -2.89. The van der Waals surface area contributed by atoms with E-state index in [9.17, 15) is 15.0 Å². The van der Waals surface area contributed by atoms with E-state index >= 15 is 0 Å². The van der Waals surface area contributed by atoms with Gasteiger partial charge in [0, 0.05) is 18.3 Å². The lowest BCUT2D eigenvalue weighted by molar-refractivity contribution is 0.140. The number of hydrogen-bond donors (Lipinski definition) is 2. The summed E-state index contributed by atoms with van der Waals surface area (Å²) in [6, 6.07) is 20.9. The second-order valence-electron chi connectivity index (χ2n) is 6.76. The van der Waals surface area contributed by atoms with Crippen LogP contribution in [0.25, 0.3) is 0 Å². The molecular formula is C23H25NO4. The monoisotopic (exact) mass is 379 g/mol. The third kappa shape index (κ3) is 5.55. The Bertz CT molecular complexity index is 922. The molecule has 146 valence electrons. The van der Waals surface area contributed by atoms with Crippen LogP contribution in [0.3, 0.4) is 0 Å². The standard InChI is InChI=1S/C23H25NO4/c25-16-20-13-22(27)23(28-17-19-9-5-2-6-10-19)15-24(20)14-21(26)12-11-18-7-3-1-4-8-18/h1-10,13,15,21,25-26H,11-12,14,16-17H2. The van der Waals surface area contributed by atoms with Crippen molar-refractivity contribution in [3.8, 4) is 5.75 Å². The predicted octanol–water partition coefficient (Wildman–Crippen LogP) is 2.91. The van der Waals surface area contributed by atoms with Gasteiger partial charge in [-0.2, -0.15) is 0 Å². The fourth-order valence-electron chi connectivity index (χ4n) is 3.04. The first-order chi connectivity index (χ1) is 13.7. The summed E-state index contributed by atoms with van der Waals surface area (Å²) in [6.45, 7) is 0.287. The number of aliphatic hydroxyl groups is 2. The number of aryl methyl sites for hydroxylation is 1. The van der Waals surface area contributed by atoms with Gasteiger partial charge in [-0.1, -0.05) is 60.7 Å². The molecule has 3 aromatic rings. The molecule has 1 aromatic heterocycles. The number of nitrogens with zero attached hydrogens (tertiary/aromatic N) is 1. The van der Waals surface area contributed by atoms with Crippen molar-refractivity contribution in [3.63, 3.8) is 0 Å². The van der Waals surface area contributed by atoms with Crippen molar-refractivity contribution in [2.45, 2.75) is 38.7 Å². The fourth-order valence-corrected chi connectivity index (χ4v) is 3.04. The SMILES string of the molecule is O=c1cc(CO)n(CC(O)CCc2ccccc2)cc1OCc1ccccc1. The summed E-state index contributed by atoms with van der Waals surface area (Å²) in [6.07, 6.45) is 2.31. The third-order valence-corrected chi connectivity index (χ3v) is 4.60. The second-order valence-corrected chi connectivity index (χ2v) is 6.76. The second kappa shape index (κ2) is 9.88. The predicted molar refractivity (Wildman–Crippen MR) is 108 cm³/mol. The van der Waals surface area contributed by atoms with Crippen molar-refractivity contribution in [1.29, 1.82) is 0 Å². The Morgan fingerprint density at radius 2 is 1.61 bits per heavy atom. The van der Waals surface area contributed by atoms with E-state index in [0.717, 1.165) is 17.5 Å². The largest absolute Gasteiger partial charge is 0.483 e. The summed E-state index contributed by atoms with van der Waals surface area (Å²) in [4.78, 5) is 12.3. The van der Waals surface area contributed by atoms with Gasteiger partial charge in [0.1, 0.15) is 6.61 Å². The number of aliphatic hydroxyl groups excluding tert-OH is 2. The molecule has 0 spiro atoms. The molecule has 0 aliphatic carbocycles. The summed E-state index contributed by atoms with van der Waals surface area (Å²) in [5.41, 5.74) is 2.30. The first kappa shape index (κ1) is 19.9. The number of rotatable bonds is 9. The molecule has 0 aliphatic heterocycles. The van der Waals surface area contributed by atoms with Crippen LogP contribution in [-0.2, 0) is 26.2 Å². The highest BCUT2D eigenvalue weighted by Crippen LogP contribution is 2.13. The zero-order chi connectivity index (χ0) is 19.8. The first-order valence-corrected chi connectivity index (χ1v) is 9.38. The van der Waals surface area contributed by atoms with Crippen LogP contribution in [0.2, 0.25) is 0 Å². The van der Waals surface area contributed by atoms with Gasteiger partial charge in [0.05, 0.1) is 18.9 Å². The number of benzene rings is 2. The topological polar surface area (TPSA) is 71.7 Å². The zero-order valence-corrected chi connectivity index (χ0v) is 15.7. The Kier molecular flexibility index (Phi) is 7.00. The van der Waals surface area contributed by atoms with Crippen molar-refractivity contribution >= 4 is 0 Å². The van der Waals surface area contributed by atoms with Crippen LogP contribution in [-0.4, -0.2) is 20.9 Å². The van der Waals surface area contributed by atoms with Gasteiger partial charge in [0.15, 0.2) is 5.75 Å². The van der Waals surface area contributed by atoms with Gasteiger partial charge in [-0.15, -0.1) is 0 Å². The zero-order valence-electron chi connectivity index (χ0n) is 15.7. The molecular weight excluding hydrogens is 354 g/mol. The van der Waals surface area contributed by atoms with Crippen LogP contribution in [0.15, 0.2) is 77.7 Å². The summed E-state index contributed by atoms with van der Waals surface area (Å²) >= 11 is 0. The van der Waals surface area contributed by atoms with Gasteiger partial charge in [-0.25, -0.2) is 0 Å². The summed E-state index contributed by atoms with van der Waals surface area (Å²) in [5.74, 6) is 0.205. The fraction of sp³-hybridized carbons (Fsp3) is 0.261. The van der Waals surface area contributed by atoms with Gasteiger partial charge in [-0.3, -0.25) is 4.79 Å². The molecule has 0 aliphatic rings. The quantitative estimate of drug-likeness (QED) is 0.600. The third-order valence-electron chi connectivity index (χ3n) is 4.60. The lowest BCUT2D eigenvalue weighted by atomic mass is 10.1. The molecule has 2 aromatic carbocycles. The molecule has 5 nitrogen and oxygen atoms in total. The summed E-state index contributed by atoms with van der Waals surface area (Å²) in [7, 11) is 0. The van der Waals surface area contributed by atoms with E-state index in [4.69, 9.17) is 4.74 Å². The number of pyridine rings is 1. The highest BCUT2D eigenvalue weighted by atomic mass is 16.5. The van der Waals surface area contributed by atoms with E-state index in [1.54, 1.807) is 10.8 Å². The van der Waals surface area contributed by atoms with Crippen LogP contribution in [0.5, 0.6) is 5.75 Å². The molecule has 28 heavy (non-hydrogen) atoms. The maximum Gasteiger partial charge on any atom is 0.223 e. The molecule has 0 fully saturated rings. The van der Waals surface area contributed by atoms with Crippen LogP contribution in [0.1, 0.15) is 23.2 Å². The number of aromatic nitrogens is 1. The molecule has 2 N–H and O–H groups in total. The van der Waals surface area contributed by atoms with Crippen LogP contribution in [0.4, 0.5) is 0 Å². The van der Waals surface area contributed by atoms with Gasteiger partial charge >= 0.3 is 0 Å². The smallest absolute Gasteiger partial charge is 0.223 e. The Labute approximate surface area is 164 Å². The molecule has 1 atom stereocenters. The molecule has 1 unspecified atom stereocenters. The molecule has 0 amide bonds. The molecule has 0 saturated carbocycles. The molecule has 1 heterocycles. The van der Waals surface area contributed by atoms with E-state index < -0.39 is 6.10 Å². The maximum atomic E-state index is 12.3. The van der Waals surface area contributed by atoms with Crippen molar-refractivity contribution in [1.82, 2.24) is 4.57 Å². The number of ether oxygens (including phenoxy) is 1. The highest BCUT2D eigenvalue weighted by Gasteiger charge is 2.12. The first-order valence-electron chi connectivity index (χ1n) is 9.38. The molecule has 0 saturated heterocycles. The van der Waals surface area contributed by atoms with Crippen molar-refractivity contribution in [2.24, 2.45) is 0 Å². The van der Waals surface area contributed by atoms with Crippen LogP contribution >= 0.6 is 0 Å². The van der Waals surface area contributed by atoms with E-state index in [0.29, 0.717) is 12.1 Å². The minimum Gasteiger partial charge on any atom is -0.483 e. The minimum absolute atomic E-state index is 0.205. The average molecular weight is 379 g/mol. The van der Waals surface area contributed by atoms with E-state index in [1.807, 2.05) is 60.7 Å². The van der Waals surface area contributed by atoms with Crippen molar-refractivity contribution in [2.75, 3.05) is 0 Å². The Balaban J connectivity index is 1.67. The lowest BCUT2D eigenvalue weighted by Gasteiger charge is -2.18. The summed E-state index contributed by atoms with van der Waals surface area (Å²) < 4.78 is 7.37.